The Bertz CT molecular complexity index is 638. The van der Waals surface area contributed by atoms with Crippen LogP contribution >= 0.6 is 0 Å². The van der Waals surface area contributed by atoms with Gasteiger partial charge in [0.15, 0.2) is 0 Å². The van der Waals surface area contributed by atoms with Crippen molar-refractivity contribution in [1.82, 2.24) is 15.1 Å². The summed E-state index contributed by atoms with van der Waals surface area (Å²) in [5.41, 5.74) is 8.13. The first kappa shape index (κ1) is 17.0. The molecule has 2 rings (SSSR count). The zero-order chi connectivity index (χ0) is 16.8. The average Bonchev–Trinajstić information content (AvgIpc) is 3.02. The maximum absolute atomic E-state index is 11.8. The van der Waals surface area contributed by atoms with E-state index < -0.39 is 6.04 Å². The first-order valence-corrected chi connectivity index (χ1v) is 7.44. The number of hydrogen-bond donors (Lipinski definition) is 3. The van der Waals surface area contributed by atoms with E-state index in [1.165, 1.54) is 0 Å². The zero-order valence-electron chi connectivity index (χ0n) is 13.7. The van der Waals surface area contributed by atoms with Crippen molar-refractivity contribution in [1.29, 1.82) is 0 Å². The summed E-state index contributed by atoms with van der Waals surface area (Å²) >= 11 is 0. The number of aromatic nitrogens is 2. The molecular formula is C16H23N5O2. The standard InChI is InChI=1S/C16H23N5O2/c1-11(17)16(22)20-14-5-4-12(13-9-18-19-10-13)8-15(14)23-7-6-21(2)3/h4-5,8-11H,6-7,17H2,1-3H3,(H,18,19)(H,20,22)/t11-/m1/s1. The Labute approximate surface area is 135 Å². The molecule has 0 aliphatic rings. The van der Waals surface area contributed by atoms with E-state index in [0.717, 1.165) is 17.7 Å². The van der Waals surface area contributed by atoms with E-state index >= 15 is 0 Å². The van der Waals surface area contributed by atoms with E-state index in [-0.39, 0.29) is 5.91 Å². The van der Waals surface area contributed by atoms with Crippen LogP contribution in [0.2, 0.25) is 0 Å². The van der Waals surface area contributed by atoms with E-state index in [0.29, 0.717) is 18.0 Å². The van der Waals surface area contributed by atoms with Gasteiger partial charge in [0.2, 0.25) is 5.91 Å². The van der Waals surface area contributed by atoms with Crippen molar-refractivity contribution >= 4 is 11.6 Å². The third-order valence-corrected chi connectivity index (χ3v) is 3.28. The molecule has 0 aliphatic heterocycles. The van der Waals surface area contributed by atoms with E-state index in [2.05, 4.69) is 15.5 Å². The molecule has 0 saturated heterocycles. The SMILES string of the molecule is C[C@@H](N)C(=O)Nc1ccc(-c2cn[nH]c2)cc1OCCN(C)C. The van der Waals surface area contributed by atoms with Gasteiger partial charge in [-0.15, -0.1) is 0 Å². The quantitative estimate of drug-likeness (QED) is 0.715. The smallest absolute Gasteiger partial charge is 0.241 e. The molecule has 2 aromatic rings. The van der Waals surface area contributed by atoms with Crippen molar-refractivity contribution in [2.45, 2.75) is 13.0 Å². The molecule has 1 atom stereocenters. The number of amides is 1. The number of carbonyl (C=O) groups is 1. The van der Waals surface area contributed by atoms with Crippen LogP contribution in [-0.4, -0.2) is 54.3 Å². The summed E-state index contributed by atoms with van der Waals surface area (Å²) < 4.78 is 5.84. The van der Waals surface area contributed by atoms with Gasteiger partial charge in [0.1, 0.15) is 12.4 Å². The van der Waals surface area contributed by atoms with Gasteiger partial charge in [0.05, 0.1) is 17.9 Å². The number of anilines is 1. The number of H-pyrrole nitrogens is 1. The minimum Gasteiger partial charge on any atom is -0.490 e. The van der Waals surface area contributed by atoms with Crippen molar-refractivity contribution in [3.63, 3.8) is 0 Å². The average molecular weight is 317 g/mol. The van der Waals surface area contributed by atoms with Crippen LogP contribution in [0.5, 0.6) is 5.75 Å². The Morgan fingerprint density at radius 1 is 1.43 bits per heavy atom. The maximum Gasteiger partial charge on any atom is 0.241 e. The molecule has 0 bridgehead atoms. The predicted molar refractivity (Wildman–Crippen MR) is 90.4 cm³/mol. The molecule has 0 radical (unpaired) electrons. The molecule has 1 heterocycles. The van der Waals surface area contributed by atoms with Crippen LogP contribution in [0.1, 0.15) is 6.92 Å². The van der Waals surface area contributed by atoms with Crippen molar-refractivity contribution in [2.24, 2.45) is 5.73 Å². The highest BCUT2D eigenvalue weighted by Crippen LogP contribution is 2.30. The van der Waals surface area contributed by atoms with Gasteiger partial charge in [-0.1, -0.05) is 6.07 Å². The summed E-state index contributed by atoms with van der Waals surface area (Å²) in [4.78, 5) is 13.9. The third-order valence-electron chi connectivity index (χ3n) is 3.28. The van der Waals surface area contributed by atoms with Crippen molar-refractivity contribution in [2.75, 3.05) is 32.6 Å². The molecule has 0 fully saturated rings. The van der Waals surface area contributed by atoms with Gasteiger partial charge in [-0.3, -0.25) is 9.89 Å². The van der Waals surface area contributed by atoms with Crippen LogP contribution in [0.3, 0.4) is 0 Å². The zero-order valence-corrected chi connectivity index (χ0v) is 13.7. The van der Waals surface area contributed by atoms with E-state index in [4.69, 9.17) is 10.5 Å². The Morgan fingerprint density at radius 3 is 2.83 bits per heavy atom. The van der Waals surface area contributed by atoms with Gasteiger partial charge in [0, 0.05) is 18.3 Å². The molecule has 0 unspecified atom stereocenters. The fourth-order valence-corrected chi connectivity index (χ4v) is 1.92. The normalized spacial score (nSPS) is 12.2. The Morgan fingerprint density at radius 2 is 2.22 bits per heavy atom. The lowest BCUT2D eigenvalue weighted by atomic mass is 10.1. The monoisotopic (exact) mass is 317 g/mol. The van der Waals surface area contributed by atoms with E-state index in [1.807, 2.05) is 37.2 Å². The molecule has 0 aliphatic carbocycles. The summed E-state index contributed by atoms with van der Waals surface area (Å²) in [6, 6.07) is 5.02. The fourth-order valence-electron chi connectivity index (χ4n) is 1.92. The van der Waals surface area contributed by atoms with Crippen LogP contribution in [0.25, 0.3) is 11.1 Å². The van der Waals surface area contributed by atoms with E-state index in [1.54, 1.807) is 19.3 Å². The highest BCUT2D eigenvalue weighted by atomic mass is 16.5. The highest BCUT2D eigenvalue weighted by Gasteiger charge is 2.13. The Kier molecular flexibility index (Phi) is 5.72. The van der Waals surface area contributed by atoms with Crippen LogP contribution < -0.4 is 15.8 Å². The number of nitrogens with one attached hydrogen (secondary N) is 2. The van der Waals surface area contributed by atoms with Gasteiger partial charge in [-0.25, -0.2) is 0 Å². The molecule has 1 aromatic heterocycles. The second kappa shape index (κ2) is 7.75. The van der Waals surface area contributed by atoms with Gasteiger partial charge >= 0.3 is 0 Å². The summed E-state index contributed by atoms with van der Waals surface area (Å²) in [5, 5.41) is 9.53. The first-order valence-electron chi connectivity index (χ1n) is 7.44. The molecule has 7 heteroatoms. The van der Waals surface area contributed by atoms with Gasteiger partial charge in [-0.2, -0.15) is 5.10 Å². The third kappa shape index (κ3) is 4.80. The molecule has 23 heavy (non-hydrogen) atoms. The lowest BCUT2D eigenvalue weighted by Crippen LogP contribution is -2.32. The van der Waals surface area contributed by atoms with Crippen LogP contribution in [0.4, 0.5) is 5.69 Å². The minimum absolute atomic E-state index is 0.251. The minimum atomic E-state index is -0.585. The number of aromatic amines is 1. The van der Waals surface area contributed by atoms with Crippen molar-refractivity contribution in [3.8, 4) is 16.9 Å². The number of benzene rings is 1. The number of ether oxygens (including phenoxy) is 1. The van der Waals surface area contributed by atoms with Crippen molar-refractivity contribution in [3.05, 3.63) is 30.6 Å². The predicted octanol–water partition coefficient (Wildman–Crippen LogP) is 1.30. The van der Waals surface area contributed by atoms with Crippen molar-refractivity contribution < 1.29 is 9.53 Å². The summed E-state index contributed by atoms with van der Waals surface area (Å²) in [6.07, 6.45) is 3.54. The molecule has 124 valence electrons. The van der Waals surface area contributed by atoms with Gasteiger partial charge in [0.25, 0.3) is 0 Å². The molecule has 1 aromatic carbocycles. The lowest BCUT2D eigenvalue weighted by Gasteiger charge is -2.16. The molecule has 0 saturated carbocycles. The largest absolute Gasteiger partial charge is 0.490 e. The molecule has 0 spiro atoms. The van der Waals surface area contributed by atoms with E-state index in [9.17, 15) is 4.79 Å². The highest BCUT2D eigenvalue weighted by molar-refractivity contribution is 5.96. The topological polar surface area (TPSA) is 96.3 Å². The second-order valence-electron chi connectivity index (χ2n) is 5.63. The van der Waals surface area contributed by atoms with Gasteiger partial charge < -0.3 is 20.7 Å². The summed E-state index contributed by atoms with van der Waals surface area (Å²) in [5.74, 6) is 0.359. The number of rotatable bonds is 7. The fraction of sp³-hybridized carbons (Fsp3) is 0.375. The van der Waals surface area contributed by atoms with Crippen LogP contribution in [-0.2, 0) is 4.79 Å². The first-order chi connectivity index (χ1) is 11.0. The summed E-state index contributed by atoms with van der Waals surface area (Å²) in [7, 11) is 3.95. The molecule has 1 amide bonds. The number of carbonyl (C=O) groups excluding carboxylic acids is 1. The van der Waals surface area contributed by atoms with Crippen LogP contribution in [0, 0.1) is 0 Å². The van der Waals surface area contributed by atoms with Crippen LogP contribution in [0.15, 0.2) is 30.6 Å². The summed E-state index contributed by atoms with van der Waals surface area (Å²) in [6.45, 7) is 2.93. The number of hydrogen-bond acceptors (Lipinski definition) is 5. The number of nitrogens with two attached hydrogens (primary N) is 1. The Balaban J connectivity index is 2.23. The molecular weight excluding hydrogens is 294 g/mol. The molecule has 4 N–H and O–H groups in total. The van der Waals surface area contributed by atoms with Gasteiger partial charge in [-0.05, 0) is 38.7 Å². The Hall–Kier alpha value is -2.38. The molecule has 7 nitrogen and oxygen atoms in total. The lowest BCUT2D eigenvalue weighted by molar-refractivity contribution is -0.117. The maximum atomic E-state index is 11.8. The number of nitrogens with zero attached hydrogens (tertiary/aromatic N) is 2. The number of likely N-dealkylation sites (N-methyl/N-ethyl adjacent to an activating group) is 1. The second-order valence-corrected chi connectivity index (χ2v) is 5.63.